The average molecular weight is 344 g/mol. The smallest absolute Gasteiger partial charge is 0.274 e. The Kier molecular flexibility index (Phi) is 4.23. The fourth-order valence-electron chi connectivity index (χ4n) is 1.15. The molecular formula is C10H8BrClN6O. The highest BCUT2D eigenvalue weighted by molar-refractivity contribution is 9.10. The number of H-pyrrole nitrogens is 1. The summed E-state index contributed by atoms with van der Waals surface area (Å²) in [5, 5.41) is 11.6. The molecule has 2 aromatic rings. The summed E-state index contributed by atoms with van der Waals surface area (Å²) in [5.41, 5.74) is 3.06. The van der Waals surface area contributed by atoms with E-state index in [9.17, 15) is 4.79 Å². The van der Waals surface area contributed by atoms with Gasteiger partial charge in [-0.15, -0.1) is 10.2 Å². The van der Waals surface area contributed by atoms with Gasteiger partial charge in [0, 0.05) is 4.47 Å². The Morgan fingerprint density at radius 2 is 2.26 bits per heavy atom. The molecule has 0 spiro atoms. The predicted octanol–water partition coefficient (Wildman–Crippen LogP) is 1.73. The van der Waals surface area contributed by atoms with E-state index in [2.05, 4.69) is 46.6 Å². The van der Waals surface area contributed by atoms with Crippen molar-refractivity contribution in [3.63, 3.8) is 0 Å². The number of hydrazone groups is 1. The summed E-state index contributed by atoms with van der Waals surface area (Å²) in [4.78, 5) is 17.8. The number of rotatable bonds is 3. The number of hydrogen-bond donors (Lipinski definition) is 2. The summed E-state index contributed by atoms with van der Waals surface area (Å²) >= 11 is 9.08. The number of halogens is 2. The van der Waals surface area contributed by atoms with E-state index in [0.29, 0.717) is 10.8 Å². The zero-order valence-electron chi connectivity index (χ0n) is 9.69. The van der Waals surface area contributed by atoms with Crippen molar-refractivity contribution in [3.8, 4) is 0 Å². The van der Waals surface area contributed by atoms with Crippen LogP contribution in [0.3, 0.4) is 0 Å². The SMILES string of the molecule is Cc1nnc(N/N=C/c2cc(Br)cc(Cl)n2)[nH]c1=O. The number of aromatic nitrogens is 4. The minimum absolute atomic E-state index is 0.146. The lowest BCUT2D eigenvalue weighted by Crippen LogP contribution is -2.15. The van der Waals surface area contributed by atoms with Crippen molar-refractivity contribution < 1.29 is 0 Å². The van der Waals surface area contributed by atoms with E-state index in [1.165, 1.54) is 6.21 Å². The molecule has 2 aromatic heterocycles. The number of anilines is 1. The molecule has 2 rings (SSSR count). The van der Waals surface area contributed by atoms with Crippen molar-refractivity contribution in [1.82, 2.24) is 20.2 Å². The van der Waals surface area contributed by atoms with Crippen molar-refractivity contribution >= 4 is 39.7 Å². The zero-order chi connectivity index (χ0) is 13.8. The molecule has 0 unspecified atom stereocenters. The van der Waals surface area contributed by atoms with E-state index in [4.69, 9.17) is 11.6 Å². The van der Waals surface area contributed by atoms with Crippen LogP contribution >= 0.6 is 27.5 Å². The van der Waals surface area contributed by atoms with Crippen LogP contribution in [0, 0.1) is 6.92 Å². The topological polar surface area (TPSA) is 95.9 Å². The van der Waals surface area contributed by atoms with Crippen LogP contribution in [0.15, 0.2) is 26.5 Å². The minimum Gasteiger partial charge on any atom is -0.288 e. The second kappa shape index (κ2) is 5.89. The molecule has 98 valence electrons. The maximum Gasteiger partial charge on any atom is 0.274 e. The van der Waals surface area contributed by atoms with Crippen LogP contribution < -0.4 is 11.0 Å². The molecule has 0 aliphatic carbocycles. The van der Waals surface area contributed by atoms with Crippen molar-refractivity contribution in [1.29, 1.82) is 0 Å². The van der Waals surface area contributed by atoms with Crippen molar-refractivity contribution in [2.24, 2.45) is 5.10 Å². The number of aromatic amines is 1. The molecule has 0 bridgehead atoms. The summed E-state index contributed by atoms with van der Waals surface area (Å²) in [5.74, 6) is 0.146. The number of nitrogens with one attached hydrogen (secondary N) is 2. The molecule has 0 saturated carbocycles. The number of nitrogens with zero attached hydrogens (tertiary/aromatic N) is 4. The van der Waals surface area contributed by atoms with Crippen LogP contribution in [0.5, 0.6) is 0 Å². The first-order valence-corrected chi connectivity index (χ1v) is 6.27. The first-order valence-electron chi connectivity index (χ1n) is 5.10. The molecule has 0 aliphatic heterocycles. The quantitative estimate of drug-likeness (QED) is 0.503. The third-order valence-electron chi connectivity index (χ3n) is 2.01. The third kappa shape index (κ3) is 3.83. The van der Waals surface area contributed by atoms with Gasteiger partial charge in [-0.1, -0.05) is 27.5 Å². The van der Waals surface area contributed by atoms with E-state index in [0.717, 1.165) is 4.47 Å². The van der Waals surface area contributed by atoms with E-state index in [1.54, 1.807) is 19.1 Å². The molecule has 0 aromatic carbocycles. The molecule has 0 atom stereocenters. The molecule has 0 amide bonds. The average Bonchev–Trinajstić information content (AvgIpc) is 2.32. The lowest BCUT2D eigenvalue weighted by molar-refractivity contribution is 0.897. The van der Waals surface area contributed by atoms with Crippen LogP contribution in [0.4, 0.5) is 5.95 Å². The standard InChI is InChI=1S/C10H8BrClN6O/c1-5-9(19)15-10(18-16-5)17-13-4-7-2-6(11)3-8(12)14-7/h2-4H,1H3,(H2,15,17,18,19)/b13-4+. The Balaban J connectivity index is 2.11. The maximum atomic E-state index is 11.3. The van der Waals surface area contributed by atoms with Crippen LogP contribution in [0.2, 0.25) is 5.15 Å². The first-order chi connectivity index (χ1) is 9.04. The van der Waals surface area contributed by atoms with Gasteiger partial charge in [0.2, 0.25) is 5.95 Å². The Morgan fingerprint density at radius 1 is 1.47 bits per heavy atom. The van der Waals surface area contributed by atoms with Gasteiger partial charge in [-0.2, -0.15) is 5.10 Å². The van der Waals surface area contributed by atoms with Gasteiger partial charge in [0.25, 0.3) is 5.56 Å². The summed E-state index contributed by atoms with van der Waals surface area (Å²) in [6.07, 6.45) is 1.44. The fourth-order valence-corrected chi connectivity index (χ4v) is 1.95. The summed E-state index contributed by atoms with van der Waals surface area (Å²) in [6.45, 7) is 1.56. The van der Waals surface area contributed by atoms with Crippen molar-refractivity contribution in [2.75, 3.05) is 5.43 Å². The van der Waals surface area contributed by atoms with E-state index < -0.39 is 0 Å². The highest BCUT2D eigenvalue weighted by Crippen LogP contribution is 2.15. The lowest BCUT2D eigenvalue weighted by atomic mass is 10.4. The number of aryl methyl sites for hydroxylation is 1. The Labute approximate surface area is 121 Å². The lowest BCUT2D eigenvalue weighted by Gasteiger charge is -1.98. The molecule has 9 heteroatoms. The molecular weight excluding hydrogens is 336 g/mol. The van der Waals surface area contributed by atoms with Gasteiger partial charge >= 0.3 is 0 Å². The Bertz CT molecular complexity index is 666. The van der Waals surface area contributed by atoms with Gasteiger partial charge in [-0.25, -0.2) is 10.4 Å². The zero-order valence-corrected chi connectivity index (χ0v) is 12.0. The largest absolute Gasteiger partial charge is 0.288 e. The van der Waals surface area contributed by atoms with Gasteiger partial charge in [0.15, 0.2) is 0 Å². The molecule has 19 heavy (non-hydrogen) atoms. The maximum absolute atomic E-state index is 11.3. The predicted molar refractivity (Wildman–Crippen MR) is 75.6 cm³/mol. The van der Waals surface area contributed by atoms with Gasteiger partial charge in [0.05, 0.1) is 11.9 Å². The van der Waals surface area contributed by atoms with Crippen LogP contribution in [0.1, 0.15) is 11.4 Å². The van der Waals surface area contributed by atoms with Crippen molar-refractivity contribution in [2.45, 2.75) is 6.92 Å². The van der Waals surface area contributed by atoms with Gasteiger partial charge < -0.3 is 0 Å². The molecule has 0 saturated heterocycles. The molecule has 2 heterocycles. The van der Waals surface area contributed by atoms with Crippen LogP contribution in [-0.2, 0) is 0 Å². The summed E-state index contributed by atoms with van der Waals surface area (Å²) < 4.78 is 0.789. The number of pyridine rings is 1. The van der Waals surface area contributed by atoms with E-state index in [1.807, 2.05) is 0 Å². The highest BCUT2D eigenvalue weighted by Gasteiger charge is 1.99. The molecule has 0 radical (unpaired) electrons. The Hall–Kier alpha value is -1.80. The minimum atomic E-state index is -0.323. The highest BCUT2D eigenvalue weighted by atomic mass is 79.9. The second-order valence-electron chi connectivity index (χ2n) is 3.49. The third-order valence-corrected chi connectivity index (χ3v) is 2.66. The van der Waals surface area contributed by atoms with Crippen molar-refractivity contribution in [3.05, 3.63) is 43.5 Å². The summed E-state index contributed by atoms with van der Waals surface area (Å²) in [7, 11) is 0. The van der Waals surface area contributed by atoms with Crippen LogP contribution in [0.25, 0.3) is 0 Å². The fraction of sp³-hybridized carbons (Fsp3) is 0.100. The monoisotopic (exact) mass is 342 g/mol. The molecule has 7 nitrogen and oxygen atoms in total. The first kappa shape index (κ1) is 13.6. The Morgan fingerprint density at radius 3 is 2.95 bits per heavy atom. The van der Waals surface area contributed by atoms with Gasteiger partial charge in [-0.3, -0.25) is 9.78 Å². The van der Waals surface area contributed by atoms with Crippen LogP contribution in [-0.4, -0.2) is 26.4 Å². The van der Waals surface area contributed by atoms with Gasteiger partial charge in [-0.05, 0) is 19.1 Å². The molecule has 0 aliphatic rings. The van der Waals surface area contributed by atoms with E-state index >= 15 is 0 Å². The normalized spacial score (nSPS) is 10.9. The van der Waals surface area contributed by atoms with Gasteiger partial charge in [0.1, 0.15) is 10.8 Å². The number of hydrogen-bond acceptors (Lipinski definition) is 6. The van der Waals surface area contributed by atoms with E-state index in [-0.39, 0.29) is 17.2 Å². The molecule has 2 N–H and O–H groups in total. The second-order valence-corrected chi connectivity index (χ2v) is 4.79. The molecule has 0 fully saturated rings. The summed E-state index contributed by atoms with van der Waals surface area (Å²) in [6, 6.07) is 3.40.